The van der Waals surface area contributed by atoms with Crippen LogP contribution in [-0.2, 0) is 11.3 Å². The van der Waals surface area contributed by atoms with Crippen LogP contribution in [-0.4, -0.2) is 65.7 Å². The van der Waals surface area contributed by atoms with Crippen molar-refractivity contribution in [1.82, 2.24) is 15.0 Å². The lowest BCUT2D eigenvalue weighted by molar-refractivity contribution is -0.122. The molecule has 0 bridgehead atoms. The molecule has 1 aliphatic rings. The van der Waals surface area contributed by atoms with Gasteiger partial charge in [0, 0.05) is 38.3 Å². The Kier molecular flexibility index (Phi) is 8.14. The topological polar surface area (TPSA) is 96.1 Å². The first-order valence-electron chi connectivity index (χ1n) is 9.26. The summed E-state index contributed by atoms with van der Waals surface area (Å²) in [6.07, 6.45) is 0.825. The molecule has 1 N–H and O–H groups in total. The molecule has 2 heterocycles. The van der Waals surface area contributed by atoms with Crippen LogP contribution in [0.15, 0.2) is 22.7 Å². The number of carboxylic acid groups (broad SMARTS) is 1. The Bertz CT molecular complexity index is 820. The van der Waals surface area contributed by atoms with Crippen LogP contribution in [0.4, 0.5) is 4.39 Å². The zero-order chi connectivity index (χ0) is 21.4. The third-order valence-electron chi connectivity index (χ3n) is 4.85. The molecule has 0 atom stereocenters. The molecule has 158 valence electrons. The minimum absolute atomic E-state index is 0.00849. The molecule has 2 aromatic rings. The molecule has 1 aromatic carbocycles. The van der Waals surface area contributed by atoms with Gasteiger partial charge in [0.15, 0.2) is 0 Å². The molecule has 8 nitrogen and oxygen atoms in total. The van der Waals surface area contributed by atoms with Crippen molar-refractivity contribution in [1.29, 1.82) is 0 Å². The van der Waals surface area contributed by atoms with Crippen LogP contribution < -0.4 is 4.74 Å². The molecule has 1 aliphatic heterocycles. The number of amides is 1. The summed E-state index contributed by atoms with van der Waals surface area (Å²) in [4.78, 5) is 25.2. The van der Waals surface area contributed by atoms with Crippen LogP contribution in [0.5, 0.6) is 5.75 Å². The number of carbonyl (C=O) groups excluding carboxylic acids is 1. The van der Waals surface area contributed by atoms with Gasteiger partial charge in [-0.25, -0.2) is 4.39 Å². The molecule has 1 aromatic heterocycles. The first-order valence-corrected chi connectivity index (χ1v) is 9.26. The fraction of sp³-hybridized carbons (Fsp3) is 0.450. The molecule has 0 saturated carbocycles. The van der Waals surface area contributed by atoms with Crippen molar-refractivity contribution in [2.24, 2.45) is 0 Å². The Morgan fingerprint density at radius 2 is 2.03 bits per heavy atom. The van der Waals surface area contributed by atoms with Gasteiger partial charge in [-0.1, -0.05) is 11.2 Å². The fourth-order valence-corrected chi connectivity index (χ4v) is 3.32. The van der Waals surface area contributed by atoms with Crippen molar-refractivity contribution in [2.75, 3.05) is 33.3 Å². The molecular weight excluding hydrogens is 381 g/mol. The first-order chi connectivity index (χ1) is 13.9. The zero-order valence-electron chi connectivity index (χ0n) is 16.9. The molecule has 0 unspecified atom stereocenters. The maximum Gasteiger partial charge on any atom is 0.290 e. The van der Waals surface area contributed by atoms with Gasteiger partial charge in [-0.3, -0.25) is 14.5 Å². The van der Waals surface area contributed by atoms with E-state index in [1.165, 1.54) is 13.2 Å². The summed E-state index contributed by atoms with van der Waals surface area (Å²) < 4.78 is 24.6. The van der Waals surface area contributed by atoms with Gasteiger partial charge in [-0.2, -0.15) is 0 Å². The summed E-state index contributed by atoms with van der Waals surface area (Å²) >= 11 is 0. The minimum Gasteiger partial charge on any atom is -0.496 e. The van der Waals surface area contributed by atoms with Crippen molar-refractivity contribution in [3.05, 3.63) is 46.6 Å². The van der Waals surface area contributed by atoms with E-state index in [0.717, 1.165) is 36.5 Å². The van der Waals surface area contributed by atoms with E-state index in [4.69, 9.17) is 19.2 Å². The summed E-state index contributed by atoms with van der Waals surface area (Å²) in [5.41, 5.74) is 2.01. The van der Waals surface area contributed by atoms with Gasteiger partial charge in [0.25, 0.3) is 12.4 Å². The maximum absolute atomic E-state index is 14.2. The molecular formula is C20H26FN3O5. The first kappa shape index (κ1) is 22.4. The number of benzene rings is 1. The van der Waals surface area contributed by atoms with E-state index < -0.39 is 5.82 Å². The number of carbonyl (C=O) groups is 2. The predicted molar refractivity (Wildman–Crippen MR) is 103 cm³/mol. The second-order valence-electron chi connectivity index (χ2n) is 6.65. The minimum atomic E-state index is -0.550. The van der Waals surface area contributed by atoms with Crippen molar-refractivity contribution in [2.45, 2.75) is 26.8 Å². The molecule has 0 aliphatic carbocycles. The summed E-state index contributed by atoms with van der Waals surface area (Å²) in [6.45, 7) is 7.05. The maximum atomic E-state index is 14.2. The summed E-state index contributed by atoms with van der Waals surface area (Å²) in [7, 11) is 1.44. The van der Waals surface area contributed by atoms with E-state index in [1.54, 1.807) is 17.0 Å². The van der Waals surface area contributed by atoms with E-state index in [2.05, 4.69) is 10.1 Å². The highest BCUT2D eigenvalue weighted by atomic mass is 19.1. The Morgan fingerprint density at radius 1 is 1.31 bits per heavy atom. The van der Waals surface area contributed by atoms with E-state index in [1.807, 2.05) is 13.8 Å². The van der Waals surface area contributed by atoms with Crippen molar-refractivity contribution in [3.8, 4) is 5.75 Å². The third kappa shape index (κ3) is 5.54. The third-order valence-corrected chi connectivity index (χ3v) is 4.85. The van der Waals surface area contributed by atoms with Crippen LogP contribution in [0.1, 0.15) is 33.8 Å². The van der Waals surface area contributed by atoms with Crippen LogP contribution in [0.3, 0.4) is 0 Å². The van der Waals surface area contributed by atoms with E-state index >= 15 is 0 Å². The van der Waals surface area contributed by atoms with Crippen molar-refractivity contribution in [3.63, 3.8) is 0 Å². The normalized spacial score (nSPS) is 14.6. The number of halogens is 1. The number of rotatable bonds is 4. The number of aromatic nitrogens is 1. The predicted octanol–water partition coefficient (Wildman–Crippen LogP) is 2.49. The smallest absolute Gasteiger partial charge is 0.290 e. The molecule has 3 rings (SSSR count). The molecule has 1 saturated heterocycles. The Hall–Kier alpha value is -2.94. The van der Waals surface area contributed by atoms with Crippen LogP contribution >= 0.6 is 0 Å². The van der Waals surface area contributed by atoms with Crippen molar-refractivity contribution >= 4 is 12.4 Å². The second-order valence-corrected chi connectivity index (χ2v) is 6.65. The van der Waals surface area contributed by atoms with E-state index in [9.17, 15) is 9.18 Å². The summed E-state index contributed by atoms with van der Waals surface area (Å²) in [6, 6.07) is 4.44. The van der Waals surface area contributed by atoms with Crippen LogP contribution in [0.25, 0.3) is 0 Å². The van der Waals surface area contributed by atoms with Gasteiger partial charge in [-0.05, 0) is 32.4 Å². The molecule has 1 fully saturated rings. The van der Waals surface area contributed by atoms with Crippen molar-refractivity contribution < 1.29 is 28.3 Å². The quantitative estimate of drug-likeness (QED) is 0.778. The lowest BCUT2D eigenvalue weighted by atomic mass is 10.1. The molecule has 0 spiro atoms. The Balaban J connectivity index is 0.000000941. The van der Waals surface area contributed by atoms with E-state index in [-0.39, 0.29) is 23.7 Å². The fourth-order valence-electron chi connectivity index (χ4n) is 3.32. The number of hydrogen-bond donors (Lipinski definition) is 1. The van der Waals surface area contributed by atoms with Gasteiger partial charge in [-0.15, -0.1) is 0 Å². The standard InChI is InChI=1S/C19H24FN3O3.CH2O2/c1-13-15(14(2)26-21-13)12-22-8-5-9-23(11-10-22)19(24)18-16(20)6-4-7-17(18)25-3;2-1-3/h4,6-7H,5,8-12H2,1-3H3;1H,(H,2,3). The summed E-state index contributed by atoms with van der Waals surface area (Å²) in [5.74, 6) is 0.230. The molecule has 1 amide bonds. The van der Waals surface area contributed by atoms with Gasteiger partial charge in [0.2, 0.25) is 0 Å². The van der Waals surface area contributed by atoms with E-state index in [0.29, 0.717) is 19.6 Å². The average molecular weight is 407 g/mol. The highest BCUT2D eigenvalue weighted by molar-refractivity contribution is 5.97. The summed E-state index contributed by atoms with van der Waals surface area (Å²) in [5, 5.41) is 10.9. The van der Waals surface area contributed by atoms with Crippen LogP contribution in [0.2, 0.25) is 0 Å². The molecule has 0 radical (unpaired) electrons. The van der Waals surface area contributed by atoms with Gasteiger partial charge in [0.05, 0.1) is 12.8 Å². The lowest BCUT2D eigenvalue weighted by Crippen LogP contribution is -2.35. The number of aryl methyl sites for hydroxylation is 2. The van der Waals surface area contributed by atoms with Crippen LogP contribution in [0, 0.1) is 19.7 Å². The highest BCUT2D eigenvalue weighted by Gasteiger charge is 2.26. The SMILES string of the molecule is COc1cccc(F)c1C(=O)N1CCCN(Cc2c(C)noc2C)CC1.O=CO. The lowest BCUT2D eigenvalue weighted by Gasteiger charge is -2.23. The van der Waals surface area contributed by atoms with Gasteiger partial charge in [0.1, 0.15) is 22.9 Å². The van der Waals surface area contributed by atoms with Gasteiger partial charge < -0.3 is 19.3 Å². The largest absolute Gasteiger partial charge is 0.496 e. The Labute approximate surface area is 168 Å². The molecule has 29 heavy (non-hydrogen) atoms. The monoisotopic (exact) mass is 407 g/mol. The average Bonchev–Trinajstić information content (AvgIpc) is 2.88. The number of methoxy groups -OCH3 is 1. The second kappa shape index (κ2) is 10.6. The number of nitrogens with zero attached hydrogens (tertiary/aromatic N) is 3. The van der Waals surface area contributed by atoms with Gasteiger partial charge >= 0.3 is 0 Å². The Morgan fingerprint density at radius 3 is 2.66 bits per heavy atom. The zero-order valence-corrected chi connectivity index (χ0v) is 16.9. The molecule has 9 heteroatoms. The number of ether oxygens (including phenoxy) is 1. The highest BCUT2D eigenvalue weighted by Crippen LogP contribution is 2.24. The number of hydrogen-bond acceptors (Lipinski definition) is 6.